The Morgan fingerprint density at radius 3 is 2.63 bits per heavy atom. The number of pyridine rings is 1. The van der Waals surface area contributed by atoms with Gasteiger partial charge in [-0.15, -0.1) is 0 Å². The molecule has 0 aliphatic carbocycles. The SMILES string of the molecule is CC(C)[C@@H](NC(=O)c1ccnc2ccccc12)c1ccc2c(c1)OCCO2. The first-order valence-electron chi connectivity index (χ1n) is 9.17. The molecule has 0 saturated heterocycles. The second-order valence-corrected chi connectivity index (χ2v) is 6.97. The maximum absolute atomic E-state index is 13.0. The Hall–Kier alpha value is -3.08. The van der Waals surface area contributed by atoms with Crippen molar-refractivity contribution in [2.24, 2.45) is 5.92 Å². The minimum atomic E-state index is -0.139. The zero-order valence-corrected chi connectivity index (χ0v) is 15.4. The number of fused-ring (bicyclic) bond motifs is 2. The molecule has 0 fully saturated rings. The summed E-state index contributed by atoms with van der Waals surface area (Å²) in [4.78, 5) is 17.4. The molecule has 0 unspecified atom stereocenters. The van der Waals surface area contributed by atoms with E-state index in [4.69, 9.17) is 9.47 Å². The average molecular weight is 362 g/mol. The molecule has 1 aromatic heterocycles. The lowest BCUT2D eigenvalue weighted by molar-refractivity contribution is 0.0927. The van der Waals surface area contributed by atoms with Crippen LogP contribution in [0, 0.1) is 5.92 Å². The van der Waals surface area contributed by atoms with Crippen molar-refractivity contribution in [3.05, 3.63) is 65.9 Å². The fourth-order valence-electron chi connectivity index (χ4n) is 3.40. The van der Waals surface area contributed by atoms with Gasteiger partial charge >= 0.3 is 0 Å². The number of carbonyl (C=O) groups excluding carboxylic acids is 1. The highest BCUT2D eigenvalue weighted by Crippen LogP contribution is 2.34. The summed E-state index contributed by atoms with van der Waals surface area (Å²) in [5.41, 5.74) is 2.44. The molecule has 1 atom stereocenters. The molecule has 0 spiro atoms. The first kappa shape index (κ1) is 17.3. The van der Waals surface area contributed by atoms with Crippen molar-refractivity contribution in [2.45, 2.75) is 19.9 Å². The minimum absolute atomic E-state index is 0.109. The van der Waals surface area contributed by atoms with Gasteiger partial charge in [-0.3, -0.25) is 9.78 Å². The molecule has 1 aliphatic heterocycles. The fourth-order valence-corrected chi connectivity index (χ4v) is 3.40. The Kier molecular flexibility index (Phi) is 4.67. The summed E-state index contributed by atoms with van der Waals surface area (Å²) in [5, 5.41) is 4.03. The summed E-state index contributed by atoms with van der Waals surface area (Å²) in [6.45, 7) is 5.28. The van der Waals surface area contributed by atoms with Crippen LogP contribution >= 0.6 is 0 Å². The van der Waals surface area contributed by atoms with E-state index in [0.29, 0.717) is 18.8 Å². The number of aromatic nitrogens is 1. The van der Waals surface area contributed by atoms with Gasteiger partial charge in [0.25, 0.3) is 5.91 Å². The smallest absolute Gasteiger partial charge is 0.252 e. The molecule has 4 rings (SSSR count). The van der Waals surface area contributed by atoms with Crippen LogP contribution in [0.4, 0.5) is 0 Å². The molecular formula is C22H22N2O3. The van der Waals surface area contributed by atoms with Crippen LogP contribution in [0.2, 0.25) is 0 Å². The van der Waals surface area contributed by atoms with Crippen LogP contribution in [0.25, 0.3) is 10.9 Å². The van der Waals surface area contributed by atoms with Gasteiger partial charge in [0.05, 0.1) is 17.1 Å². The summed E-state index contributed by atoms with van der Waals surface area (Å²) >= 11 is 0. The van der Waals surface area contributed by atoms with Gasteiger partial charge in [0, 0.05) is 11.6 Å². The molecule has 0 radical (unpaired) electrons. The standard InChI is InChI=1S/C22H22N2O3/c1-14(2)21(15-7-8-19-20(13-15)27-12-11-26-19)24-22(25)17-9-10-23-18-6-4-3-5-16(17)18/h3-10,13-14,21H,11-12H2,1-2H3,(H,24,25)/t21-/m1/s1. The number of rotatable bonds is 4. The van der Waals surface area contributed by atoms with E-state index in [-0.39, 0.29) is 17.9 Å². The summed E-state index contributed by atoms with van der Waals surface area (Å²) < 4.78 is 11.3. The number of benzene rings is 2. The van der Waals surface area contributed by atoms with E-state index in [1.807, 2.05) is 42.5 Å². The van der Waals surface area contributed by atoms with Crippen LogP contribution in [0.5, 0.6) is 11.5 Å². The van der Waals surface area contributed by atoms with E-state index in [0.717, 1.165) is 28.0 Å². The zero-order valence-electron chi connectivity index (χ0n) is 15.4. The molecule has 1 aliphatic rings. The Morgan fingerprint density at radius 2 is 1.81 bits per heavy atom. The van der Waals surface area contributed by atoms with Crippen molar-refractivity contribution >= 4 is 16.8 Å². The summed E-state index contributed by atoms with van der Waals surface area (Å²) in [5.74, 6) is 1.58. The number of hydrogen-bond donors (Lipinski definition) is 1. The van der Waals surface area contributed by atoms with Crippen LogP contribution in [-0.2, 0) is 0 Å². The van der Waals surface area contributed by atoms with Gasteiger partial charge in [-0.25, -0.2) is 0 Å². The fraction of sp³-hybridized carbons (Fsp3) is 0.273. The molecule has 1 amide bonds. The maximum Gasteiger partial charge on any atom is 0.252 e. The highest BCUT2D eigenvalue weighted by molar-refractivity contribution is 6.06. The lowest BCUT2D eigenvalue weighted by Crippen LogP contribution is -2.32. The second kappa shape index (κ2) is 7.27. The van der Waals surface area contributed by atoms with Crippen molar-refractivity contribution < 1.29 is 14.3 Å². The lowest BCUT2D eigenvalue weighted by Gasteiger charge is -2.25. The van der Waals surface area contributed by atoms with Gasteiger partial charge in [-0.05, 0) is 35.7 Å². The molecule has 5 nitrogen and oxygen atoms in total. The number of nitrogens with one attached hydrogen (secondary N) is 1. The van der Waals surface area contributed by atoms with Gasteiger partial charge in [0.2, 0.25) is 0 Å². The highest BCUT2D eigenvalue weighted by atomic mass is 16.6. The normalized spacial score (nSPS) is 14.2. The Morgan fingerprint density at radius 1 is 1.04 bits per heavy atom. The lowest BCUT2D eigenvalue weighted by atomic mass is 9.95. The van der Waals surface area contributed by atoms with Crippen LogP contribution in [0.1, 0.15) is 35.8 Å². The van der Waals surface area contributed by atoms with Gasteiger partial charge in [0.1, 0.15) is 13.2 Å². The molecule has 27 heavy (non-hydrogen) atoms. The molecular weight excluding hydrogens is 340 g/mol. The van der Waals surface area contributed by atoms with Crippen molar-refractivity contribution in [3.8, 4) is 11.5 Å². The Bertz CT molecular complexity index is 979. The first-order chi connectivity index (χ1) is 13.1. The largest absolute Gasteiger partial charge is 0.486 e. The predicted molar refractivity (Wildman–Crippen MR) is 104 cm³/mol. The van der Waals surface area contributed by atoms with Crippen LogP contribution in [-0.4, -0.2) is 24.1 Å². The van der Waals surface area contributed by atoms with Gasteiger partial charge < -0.3 is 14.8 Å². The van der Waals surface area contributed by atoms with E-state index in [2.05, 4.69) is 24.1 Å². The van der Waals surface area contributed by atoms with Crippen molar-refractivity contribution in [1.82, 2.24) is 10.3 Å². The number of hydrogen-bond acceptors (Lipinski definition) is 4. The Labute approximate surface area is 158 Å². The summed E-state index contributed by atoms with van der Waals surface area (Å²) in [6.07, 6.45) is 1.67. The molecule has 2 heterocycles. The molecule has 2 aromatic carbocycles. The Balaban J connectivity index is 1.64. The van der Waals surface area contributed by atoms with Gasteiger partial charge in [-0.1, -0.05) is 38.1 Å². The van der Waals surface area contributed by atoms with Crippen molar-refractivity contribution in [3.63, 3.8) is 0 Å². The molecule has 0 saturated carbocycles. The first-order valence-corrected chi connectivity index (χ1v) is 9.17. The number of nitrogens with zero attached hydrogens (tertiary/aromatic N) is 1. The van der Waals surface area contributed by atoms with Crippen LogP contribution in [0.3, 0.4) is 0 Å². The van der Waals surface area contributed by atoms with Crippen molar-refractivity contribution in [2.75, 3.05) is 13.2 Å². The second-order valence-electron chi connectivity index (χ2n) is 6.97. The van der Waals surface area contributed by atoms with Gasteiger partial charge in [0.15, 0.2) is 11.5 Å². The maximum atomic E-state index is 13.0. The van der Waals surface area contributed by atoms with E-state index in [1.54, 1.807) is 12.3 Å². The predicted octanol–water partition coefficient (Wildman–Crippen LogP) is 4.13. The zero-order chi connectivity index (χ0) is 18.8. The third-order valence-corrected chi connectivity index (χ3v) is 4.77. The van der Waals surface area contributed by atoms with E-state index >= 15 is 0 Å². The third-order valence-electron chi connectivity index (χ3n) is 4.77. The molecule has 0 bridgehead atoms. The van der Waals surface area contributed by atoms with E-state index in [9.17, 15) is 4.79 Å². The number of amides is 1. The van der Waals surface area contributed by atoms with E-state index in [1.165, 1.54) is 0 Å². The van der Waals surface area contributed by atoms with Crippen LogP contribution < -0.4 is 14.8 Å². The topological polar surface area (TPSA) is 60.5 Å². The van der Waals surface area contributed by atoms with Gasteiger partial charge in [-0.2, -0.15) is 0 Å². The molecule has 1 N–H and O–H groups in total. The molecule has 3 aromatic rings. The number of para-hydroxylation sites is 1. The van der Waals surface area contributed by atoms with Crippen molar-refractivity contribution in [1.29, 1.82) is 0 Å². The summed E-state index contributed by atoms with van der Waals surface area (Å²) in [7, 11) is 0. The monoisotopic (exact) mass is 362 g/mol. The van der Waals surface area contributed by atoms with E-state index < -0.39 is 0 Å². The third kappa shape index (κ3) is 3.45. The summed E-state index contributed by atoms with van der Waals surface area (Å²) in [6, 6.07) is 15.2. The number of ether oxygens (including phenoxy) is 2. The molecule has 138 valence electrons. The minimum Gasteiger partial charge on any atom is -0.486 e. The highest BCUT2D eigenvalue weighted by Gasteiger charge is 2.22. The average Bonchev–Trinajstić information content (AvgIpc) is 2.70. The molecule has 5 heteroatoms. The quantitative estimate of drug-likeness (QED) is 0.758. The number of carbonyl (C=O) groups is 1. The van der Waals surface area contributed by atoms with Crippen LogP contribution in [0.15, 0.2) is 54.7 Å².